The smallest absolute Gasteiger partial charge is 0.129 e. The van der Waals surface area contributed by atoms with Crippen LogP contribution < -0.4 is 4.90 Å². The molecule has 0 atom stereocenters. The number of rotatable bonds is 1. The molecule has 0 aliphatic carbocycles. The number of nitrogens with zero attached hydrogens (tertiary/aromatic N) is 2. The molecule has 74 valence electrons. The van der Waals surface area contributed by atoms with E-state index >= 15 is 0 Å². The lowest BCUT2D eigenvalue weighted by Gasteiger charge is -2.55. The maximum atomic E-state index is 5.23. The molecule has 0 radical (unpaired) electrons. The second-order valence-electron chi connectivity index (χ2n) is 4.18. The normalized spacial score (nSPS) is 23.1. The third-order valence-corrected chi connectivity index (χ3v) is 3.39. The van der Waals surface area contributed by atoms with Crippen LogP contribution in [0.4, 0.5) is 5.82 Å². The molecule has 4 heteroatoms. The summed E-state index contributed by atoms with van der Waals surface area (Å²) in [4.78, 5) is 6.64. The Morgan fingerprint density at radius 1 is 1.43 bits per heavy atom. The van der Waals surface area contributed by atoms with Gasteiger partial charge in [0.1, 0.15) is 5.82 Å². The summed E-state index contributed by atoms with van der Waals surface area (Å²) >= 11 is 3.45. The van der Waals surface area contributed by atoms with E-state index < -0.39 is 0 Å². The Hall–Kier alpha value is -0.610. The zero-order chi connectivity index (χ0) is 9.60. The van der Waals surface area contributed by atoms with Crippen molar-refractivity contribution in [3.8, 4) is 0 Å². The highest BCUT2D eigenvalue weighted by atomic mass is 79.9. The Morgan fingerprint density at radius 3 is 2.79 bits per heavy atom. The molecule has 3 heterocycles. The molecule has 0 amide bonds. The average Bonchev–Trinajstić information content (AvgIpc) is 1.98. The summed E-state index contributed by atoms with van der Waals surface area (Å²) in [6.45, 7) is 4.04. The minimum Gasteiger partial charge on any atom is -0.380 e. The SMILES string of the molecule is Brc1ccnc(N2CC3(COC3)C2)c1. The predicted molar refractivity (Wildman–Crippen MR) is 57.4 cm³/mol. The number of hydrogen-bond acceptors (Lipinski definition) is 3. The van der Waals surface area contributed by atoms with E-state index in [9.17, 15) is 0 Å². The van der Waals surface area contributed by atoms with E-state index in [2.05, 4.69) is 31.9 Å². The van der Waals surface area contributed by atoms with Gasteiger partial charge in [-0.3, -0.25) is 0 Å². The highest BCUT2D eigenvalue weighted by Crippen LogP contribution is 2.39. The molecule has 14 heavy (non-hydrogen) atoms. The Balaban J connectivity index is 1.73. The highest BCUT2D eigenvalue weighted by molar-refractivity contribution is 9.10. The van der Waals surface area contributed by atoms with Crippen LogP contribution >= 0.6 is 15.9 Å². The second-order valence-corrected chi connectivity index (χ2v) is 5.10. The summed E-state index contributed by atoms with van der Waals surface area (Å²) in [5.74, 6) is 1.07. The molecule has 1 spiro atoms. The molecule has 0 saturated carbocycles. The molecule has 1 aromatic rings. The molecule has 2 saturated heterocycles. The standard InChI is InChI=1S/C10H11BrN2O/c11-8-1-2-12-9(3-8)13-4-10(5-13)6-14-7-10/h1-3H,4-7H2. The van der Waals surface area contributed by atoms with Crippen LogP contribution in [0.15, 0.2) is 22.8 Å². The van der Waals surface area contributed by atoms with Crippen molar-refractivity contribution in [2.45, 2.75) is 0 Å². The van der Waals surface area contributed by atoms with E-state index in [-0.39, 0.29) is 0 Å². The molecule has 0 unspecified atom stereocenters. The Bertz CT molecular complexity index is 357. The minimum absolute atomic E-state index is 0.462. The highest BCUT2D eigenvalue weighted by Gasteiger charge is 2.49. The fourth-order valence-corrected chi connectivity index (χ4v) is 2.39. The third-order valence-electron chi connectivity index (χ3n) is 2.90. The van der Waals surface area contributed by atoms with Gasteiger partial charge in [-0.2, -0.15) is 0 Å². The van der Waals surface area contributed by atoms with Crippen LogP contribution in [0.3, 0.4) is 0 Å². The first-order chi connectivity index (χ1) is 6.77. The molecule has 0 N–H and O–H groups in total. The molecule has 2 aliphatic rings. The van der Waals surface area contributed by atoms with E-state index in [0.717, 1.165) is 36.6 Å². The van der Waals surface area contributed by atoms with Gasteiger partial charge in [-0.05, 0) is 12.1 Å². The Kier molecular flexibility index (Phi) is 1.82. The molecule has 1 aromatic heterocycles. The van der Waals surface area contributed by atoms with Gasteiger partial charge in [0.25, 0.3) is 0 Å². The lowest BCUT2D eigenvalue weighted by atomic mass is 9.78. The zero-order valence-corrected chi connectivity index (χ0v) is 9.33. The van der Waals surface area contributed by atoms with E-state index in [1.807, 2.05) is 12.3 Å². The summed E-state index contributed by atoms with van der Waals surface area (Å²) in [5.41, 5.74) is 0.462. The van der Waals surface area contributed by atoms with Crippen molar-refractivity contribution < 1.29 is 4.74 Å². The maximum absolute atomic E-state index is 5.23. The van der Waals surface area contributed by atoms with Gasteiger partial charge in [-0.15, -0.1) is 0 Å². The van der Waals surface area contributed by atoms with Gasteiger partial charge in [0, 0.05) is 23.8 Å². The first kappa shape index (κ1) is 8.68. The second kappa shape index (κ2) is 2.94. The molecule has 3 nitrogen and oxygen atoms in total. The summed E-state index contributed by atoms with van der Waals surface area (Å²) in [6.07, 6.45) is 1.84. The summed E-state index contributed by atoms with van der Waals surface area (Å²) in [5, 5.41) is 0. The van der Waals surface area contributed by atoms with Crippen molar-refractivity contribution in [3.05, 3.63) is 22.8 Å². The van der Waals surface area contributed by atoms with Crippen LogP contribution in [-0.2, 0) is 4.74 Å². The van der Waals surface area contributed by atoms with Crippen LogP contribution in [-0.4, -0.2) is 31.3 Å². The number of ether oxygens (including phenoxy) is 1. The average molecular weight is 255 g/mol. The van der Waals surface area contributed by atoms with Crippen molar-refractivity contribution in [2.24, 2.45) is 5.41 Å². The Labute approximate surface area is 91.2 Å². The molecule has 2 fully saturated rings. The third kappa shape index (κ3) is 1.25. The number of aromatic nitrogens is 1. The van der Waals surface area contributed by atoms with Crippen LogP contribution in [0.2, 0.25) is 0 Å². The van der Waals surface area contributed by atoms with E-state index in [0.29, 0.717) is 5.41 Å². The van der Waals surface area contributed by atoms with Crippen molar-refractivity contribution >= 4 is 21.7 Å². The van der Waals surface area contributed by atoms with Crippen LogP contribution in [0.5, 0.6) is 0 Å². The van der Waals surface area contributed by atoms with Crippen molar-refractivity contribution in [1.82, 2.24) is 4.98 Å². The number of hydrogen-bond donors (Lipinski definition) is 0. The number of halogens is 1. The van der Waals surface area contributed by atoms with Gasteiger partial charge >= 0.3 is 0 Å². The molecule has 0 bridgehead atoms. The van der Waals surface area contributed by atoms with Gasteiger partial charge in [0.2, 0.25) is 0 Å². The molecular weight excluding hydrogens is 244 g/mol. The van der Waals surface area contributed by atoms with E-state index in [4.69, 9.17) is 4.74 Å². The predicted octanol–water partition coefficient (Wildman–Crippen LogP) is 1.68. The topological polar surface area (TPSA) is 25.4 Å². The molecule has 3 rings (SSSR count). The zero-order valence-electron chi connectivity index (χ0n) is 7.74. The van der Waals surface area contributed by atoms with Gasteiger partial charge in [-0.1, -0.05) is 15.9 Å². The van der Waals surface area contributed by atoms with Crippen LogP contribution in [0.25, 0.3) is 0 Å². The lowest BCUT2D eigenvalue weighted by molar-refractivity contribution is -0.127. The first-order valence-electron chi connectivity index (χ1n) is 4.72. The summed E-state index contributed by atoms with van der Waals surface area (Å²) in [6, 6.07) is 4.01. The largest absolute Gasteiger partial charge is 0.380 e. The molecule has 0 aromatic carbocycles. The quantitative estimate of drug-likeness (QED) is 0.763. The molecular formula is C10H11BrN2O. The van der Waals surface area contributed by atoms with Gasteiger partial charge in [0.05, 0.1) is 18.6 Å². The maximum Gasteiger partial charge on any atom is 0.129 e. The van der Waals surface area contributed by atoms with Crippen molar-refractivity contribution in [1.29, 1.82) is 0 Å². The number of anilines is 1. The van der Waals surface area contributed by atoms with Crippen LogP contribution in [0.1, 0.15) is 0 Å². The minimum atomic E-state index is 0.462. The summed E-state index contributed by atoms with van der Waals surface area (Å²) in [7, 11) is 0. The fraction of sp³-hybridized carbons (Fsp3) is 0.500. The fourth-order valence-electron chi connectivity index (χ4n) is 2.07. The van der Waals surface area contributed by atoms with Gasteiger partial charge in [-0.25, -0.2) is 4.98 Å². The van der Waals surface area contributed by atoms with Crippen LogP contribution in [0, 0.1) is 5.41 Å². The molecule has 2 aliphatic heterocycles. The first-order valence-corrected chi connectivity index (χ1v) is 5.51. The van der Waals surface area contributed by atoms with Crippen molar-refractivity contribution in [2.75, 3.05) is 31.2 Å². The van der Waals surface area contributed by atoms with E-state index in [1.165, 1.54) is 0 Å². The Morgan fingerprint density at radius 2 is 2.21 bits per heavy atom. The van der Waals surface area contributed by atoms with Gasteiger partial charge < -0.3 is 9.64 Å². The van der Waals surface area contributed by atoms with Gasteiger partial charge in [0.15, 0.2) is 0 Å². The lowest BCUT2D eigenvalue weighted by Crippen LogP contribution is -2.66. The monoisotopic (exact) mass is 254 g/mol. The summed E-state index contributed by atoms with van der Waals surface area (Å²) < 4.78 is 6.32. The van der Waals surface area contributed by atoms with E-state index in [1.54, 1.807) is 0 Å². The van der Waals surface area contributed by atoms with Crippen molar-refractivity contribution in [3.63, 3.8) is 0 Å². The number of pyridine rings is 1.